The number of carboxylic acid groups (broad SMARTS) is 1. The average molecular weight is 677 g/mol. The number of aliphatic hydroxyl groups excluding tert-OH is 4. The molecule has 0 aliphatic carbocycles. The molecular weight excluding hydrogens is 640 g/mol. The second kappa shape index (κ2) is 13.9. The number of benzene rings is 3. The number of carbonyl (C=O) groups is 3. The average Bonchev–Trinajstić information content (AvgIpc) is 3.90. The molecule has 2 fully saturated rings. The number of anilines is 1. The van der Waals surface area contributed by atoms with Gasteiger partial charge in [-0.3, -0.25) is 14.5 Å². The summed E-state index contributed by atoms with van der Waals surface area (Å²) in [6.07, 6.45) is -4.88. The lowest BCUT2D eigenvalue weighted by Gasteiger charge is -2.39. The zero-order chi connectivity index (χ0) is 35.0. The fourth-order valence-corrected chi connectivity index (χ4v) is 6.28. The highest BCUT2D eigenvalue weighted by molar-refractivity contribution is 6.10. The van der Waals surface area contributed by atoms with Gasteiger partial charge >= 0.3 is 5.97 Å². The topological polar surface area (TPSA) is 218 Å². The molecule has 3 aliphatic rings. The highest BCUT2D eigenvalue weighted by Gasteiger charge is 2.48. The minimum Gasteiger partial charge on any atom is -0.507 e. The highest BCUT2D eigenvalue weighted by atomic mass is 16.7. The molecule has 49 heavy (non-hydrogen) atoms. The molecule has 3 aliphatic heterocycles. The van der Waals surface area contributed by atoms with E-state index < -0.39 is 66.9 Å². The van der Waals surface area contributed by atoms with Crippen molar-refractivity contribution in [3.63, 3.8) is 0 Å². The Balaban J connectivity index is 1.35. The number of aromatic hydroxyl groups is 2. The summed E-state index contributed by atoms with van der Waals surface area (Å²) in [4.78, 5) is 41.9. The van der Waals surface area contributed by atoms with Crippen LogP contribution < -0.4 is 9.64 Å². The zero-order valence-electron chi connectivity index (χ0n) is 26.1. The first-order chi connectivity index (χ1) is 23.5. The van der Waals surface area contributed by atoms with Crippen LogP contribution in [0.1, 0.15) is 39.4 Å². The molecule has 0 unspecified atom stereocenters. The van der Waals surface area contributed by atoms with Crippen LogP contribution in [-0.2, 0) is 20.7 Å². The molecular formula is C35H36N2O12. The maximum absolute atomic E-state index is 13.9. The normalized spacial score (nSPS) is 26.1. The van der Waals surface area contributed by atoms with E-state index in [1.54, 1.807) is 0 Å². The molecule has 0 bridgehead atoms. The molecule has 0 radical (unpaired) electrons. The number of phenolic OH excluding ortho intramolecular Hbond substituents is 2. The lowest BCUT2D eigenvalue weighted by molar-refractivity contribution is -0.277. The van der Waals surface area contributed by atoms with Crippen molar-refractivity contribution in [2.45, 2.75) is 55.5 Å². The molecule has 3 aromatic carbocycles. The summed E-state index contributed by atoms with van der Waals surface area (Å²) in [6, 6.07) is 14.7. The zero-order valence-corrected chi connectivity index (χ0v) is 26.1. The fourth-order valence-electron chi connectivity index (χ4n) is 6.28. The molecule has 0 aromatic heterocycles. The maximum atomic E-state index is 13.9. The molecule has 7 atom stereocenters. The van der Waals surface area contributed by atoms with Gasteiger partial charge in [0.25, 0.3) is 11.8 Å². The van der Waals surface area contributed by atoms with Crippen molar-refractivity contribution in [3.05, 3.63) is 89.0 Å². The molecule has 7 N–H and O–H groups in total. The second-order valence-electron chi connectivity index (χ2n) is 12.2. The first kappa shape index (κ1) is 33.9. The predicted molar refractivity (Wildman–Crippen MR) is 172 cm³/mol. The molecule has 14 nitrogen and oxygen atoms in total. The minimum atomic E-state index is -1.80. The number of rotatable bonds is 10. The second-order valence-corrected chi connectivity index (χ2v) is 12.2. The smallest absolute Gasteiger partial charge is 0.327 e. The molecule has 6 rings (SSSR count). The van der Waals surface area contributed by atoms with Crippen molar-refractivity contribution < 1.29 is 59.6 Å². The Morgan fingerprint density at radius 2 is 1.65 bits per heavy atom. The Bertz CT molecular complexity index is 1760. The number of hydrogen-bond donors (Lipinski definition) is 7. The third kappa shape index (κ3) is 6.82. The molecule has 3 heterocycles. The largest absolute Gasteiger partial charge is 0.507 e. The predicted octanol–water partition coefficient (Wildman–Crippen LogP) is 0.962. The highest BCUT2D eigenvalue weighted by Crippen LogP contribution is 2.48. The maximum Gasteiger partial charge on any atom is 0.327 e. The standard InChI is InChI=1S/C35H36N2O12/c38-17-27-30(42)31(43)32(44)35(49-27)48-26-16-23-21(15-25(26)40)20(9-6-18-4-2-1-3-5-18)29(34(46)47)37(23)28(41)11-8-19-7-10-24(39)22(14-19)33(45)36-12-13-36/h1-5,7-8,10-11,14-16,20,27,29-32,35,38-40,42-44H,6,9,12-13,17H2,(H,46,47)/b11-8-/t20-,27+,29+,30+,31-,32+,35+/m0/s1. The summed E-state index contributed by atoms with van der Waals surface area (Å²) in [5.74, 6) is -4.19. The Morgan fingerprint density at radius 3 is 2.33 bits per heavy atom. The third-order valence-electron chi connectivity index (χ3n) is 9.00. The van der Waals surface area contributed by atoms with Gasteiger partial charge < -0.3 is 50.1 Å². The van der Waals surface area contributed by atoms with E-state index in [4.69, 9.17) is 9.47 Å². The van der Waals surface area contributed by atoms with Crippen molar-refractivity contribution in [1.29, 1.82) is 0 Å². The summed E-state index contributed by atoms with van der Waals surface area (Å²) >= 11 is 0. The molecule has 2 amide bonds. The van der Waals surface area contributed by atoms with Crippen molar-refractivity contribution in [3.8, 4) is 17.2 Å². The number of carboxylic acids is 1. The summed E-state index contributed by atoms with van der Waals surface area (Å²) in [5, 5.41) is 72.2. The summed E-state index contributed by atoms with van der Waals surface area (Å²) in [6.45, 7) is 0.434. The number of nitrogens with zero attached hydrogens (tertiary/aromatic N) is 2. The van der Waals surface area contributed by atoms with Gasteiger partial charge in [-0.25, -0.2) is 4.79 Å². The molecule has 0 saturated carbocycles. The third-order valence-corrected chi connectivity index (χ3v) is 9.00. The summed E-state index contributed by atoms with van der Waals surface area (Å²) < 4.78 is 11.1. The van der Waals surface area contributed by atoms with E-state index in [0.717, 1.165) is 16.5 Å². The van der Waals surface area contributed by atoms with E-state index >= 15 is 0 Å². The number of fused-ring (bicyclic) bond motifs is 1. The van der Waals surface area contributed by atoms with Crippen LogP contribution in [0.5, 0.6) is 17.2 Å². The Kier molecular flexibility index (Phi) is 9.59. The van der Waals surface area contributed by atoms with Crippen LogP contribution >= 0.6 is 0 Å². The number of phenols is 2. The van der Waals surface area contributed by atoms with E-state index in [1.807, 2.05) is 30.3 Å². The lowest BCUT2D eigenvalue weighted by Crippen LogP contribution is -2.60. The van der Waals surface area contributed by atoms with Gasteiger partial charge in [0.15, 0.2) is 11.5 Å². The summed E-state index contributed by atoms with van der Waals surface area (Å²) in [5.41, 5.74) is 1.85. The molecule has 258 valence electrons. The van der Waals surface area contributed by atoms with Gasteiger partial charge in [0.05, 0.1) is 17.9 Å². The van der Waals surface area contributed by atoms with Crippen molar-refractivity contribution in [2.24, 2.45) is 0 Å². The van der Waals surface area contributed by atoms with Gasteiger partial charge in [-0.1, -0.05) is 36.4 Å². The number of ether oxygens (including phenoxy) is 2. The Morgan fingerprint density at radius 1 is 0.918 bits per heavy atom. The van der Waals surface area contributed by atoms with Crippen LogP contribution in [0, 0.1) is 0 Å². The van der Waals surface area contributed by atoms with Gasteiger partial charge in [-0.05, 0) is 53.8 Å². The van der Waals surface area contributed by atoms with Crippen molar-refractivity contribution in [2.75, 3.05) is 24.6 Å². The quantitative estimate of drug-likeness (QED) is 0.118. The van der Waals surface area contributed by atoms with Crippen LogP contribution in [-0.4, -0.2) is 115 Å². The number of carbonyl (C=O) groups excluding carboxylic acids is 2. The molecule has 2 saturated heterocycles. The number of aryl methyl sites for hydroxylation is 1. The van der Waals surface area contributed by atoms with Crippen LogP contribution in [0.2, 0.25) is 0 Å². The van der Waals surface area contributed by atoms with E-state index in [2.05, 4.69) is 0 Å². The minimum absolute atomic E-state index is 0.0634. The van der Waals surface area contributed by atoms with Gasteiger partial charge in [0.1, 0.15) is 36.2 Å². The van der Waals surface area contributed by atoms with Gasteiger partial charge in [-0.2, -0.15) is 0 Å². The van der Waals surface area contributed by atoms with Gasteiger partial charge in [0.2, 0.25) is 6.29 Å². The lowest BCUT2D eigenvalue weighted by atomic mass is 9.88. The number of aliphatic carboxylic acids is 1. The molecule has 3 aromatic rings. The van der Waals surface area contributed by atoms with Crippen LogP contribution in [0.15, 0.2) is 66.7 Å². The van der Waals surface area contributed by atoms with Crippen LogP contribution in [0.3, 0.4) is 0 Å². The van der Waals surface area contributed by atoms with E-state index in [1.165, 1.54) is 41.3 Å². The first-order valence-corrected chi connectivity index (χ1v) is 15.7. The van der Waals surface area contributed by atoms with E-state index in [0.29, 0.717) is 30.6 Å². The van der Waals surface area contributed by atoms with Crippen molar-refractivity contribution in [1.82, 2.24) is 4.90 Å². The molecule has 0 spiro atoms. The van der Waals surface area contributed by atoms with Crippen molar-refractivity contribution >= 4 is 29.5 Å². The fraction of sp³-hybridized carbons (Fsp3) is 0.343. The van der Waals surface area contributed by atoms with Gasteiger partial charge in [-0.15, -0.1) is 0 Å². The first-order valence-electron chi connectivity index (χ1n) is 15.7. The SMILES string of the molecule is O=C(O)[C@H]1[C@@H](CCc2ccccc2)c2cc(O)c(O[C@@H]3O[C@H](CO)[C@@H](O)[C@H](O)[C@H]3O)cc2N1C(=O)/C=C\c1ccc(O)c(C(=O)N2CC2)c1. The number of hydrogen-bond acceptors (Lipinski definition) is 11. The van der Waals surface area contributed by atoms with Gasteiger partial charge in [0, 0.05) is 31.1 Å². The Labute approximate surface area is 280 Å². The molecule has 14 heteroatoms. The van der Waals surface area contributed by atoms with Crippen LogP contribution in [0.4, 0.5) is 5.69 Å². The summed E-state index contributed by atoms with van der Waals surface area (Å²) in [7, 11) is 0. The number of amides is 2. The monoisotopic (exact) mass is 676 g/mol. The number of aliphatic hydroxyl groups is 4. The Hall–Kier alpha value is -4.99. The van der Waals surface area contributed by atoms with E-state index in [9.17, 15) is 50.1 Å². The van der Waals surface area contributed by atoms with Crippen LogP contribution in [0.25, 0.3) is 6.08 Å². The van der Waals surface area contributed by atoms with E-state index in [-0.39, 0.29) is 35.1 Å².